The molecule has 0 bridgehead atoms. The van der Waals surface area contributed by atoms with E-state index in [0.29, 0.717) is 24.0 Å². The van der Waals surface area contributed by atoms with Gasteiger partial charge in [-0.15, -0.1) is 0 Å². The van der Waals surface area contributed by atoms with Gasteiger partial charge < -0.3 is 5.32 Å². The molecule has 178 valence electrons. The third kappa shape index (κ3) is 6.49. The second-order valence-corrected chi connectivity index (χ2v) is 8.52. The number of benzene rings is 2. The van der Waals surface area contributed by atoms with Gasteiger partial charge in [0.25, 0.3) is 0 Å². The Morgan fingerprint density at radius 2 is 1.67 bits per heavy atom. The van der Waals surface area contributed by atoms with Crippen LogP contribution in [0.15, 0.2) is 36.4 Å². The molecule has 33 heavy (non-hydrogen) atoms. The van der Waals surface area contributed by atoms with Crippen molar-refractivity contribution in [3.8, 4) is 0 Å². The van der Waals surface area contributed by atoms with Crippen LogP contribution < -0.4 is 10.6 Å². The average Bonchev–Trinajstić information content (AvgIpc) is 3.05. The van der Waals surface area contributed by atoms with Crippen molar-refractivity contribution in [2.24, 2.45) is 0 Å². The van der Waals surface area contributed by atoms with Crippen molar-refractivity contribution in [3.63, 3.8) is 0 Å². The molecule has 2 N–H and O–H groups in total. The molecular weight excluding hydrogens is 517 g/mol. The number of halogens is 9. The number of urea groups is 1. The lowest BCUT2D eigenvalue weighted by molar-refractivity contribution is -0.145. The summed E-state index contributed by atoms with van der Waals surface area (Å²) in [5.41, 5.74) is 1.59. The highest BCUT2D eigenvalue weighted by Crippen LogP contribution is 2.41. The molecule has 0 saturated carbocycles. The summed E-state index contributed by atoms with van der Waals surface area (Å²) in [6.07, 6.45) is -6.44. The van der Waals surface area contributed by atoms with Gasteiger partial charge >= 0.3 is 18.5 Å². The number of carbonyl (C=O) groups is 1. The van der Waals surface area contributed by atoms with Crippen molar-refractivity contribution in [1.29, 1.82) is 0 Å². The fourth-order valence-electron chi connectivity index (χ4n) is 3.59. The molecule has 2 aromatic carbocycles. The summed E-state index contributed by atoms with van der Waals surface area (Å²) in [5, 5.41) is 2.86. The molecule has 0 aromatic heterocycles. The van der Waals surface area contributed by atoms with Crippen LogP contribution in [-0.2, 0) is 6.42 Å². The molecular formula is C21H15Cl3F6N2O. The summed E-state index contributed by atoms with van der Waals surface area (Å²) < 4.78 is 77.9. The molecule has 0 aliphatic heterocycles. The maximum atomic E-state index is 13.7. The first-order valence-corrected chi connectivity index (χ1v) is 10.6. The topological polar surface area (TPSA) is 41.1 Å². The predicted octanol–water partition coefficient (Wildman–Crippen LogP) is 7.81. The lowest BCUT2D eigenvalue weighted by Crippen LogP contribution is -2.44. The molecule has 2 aromatic rings. The molecule has 3 rings (SSSR count). The maximum absolute atomic E-state index is 13.7. The van der Waals surface area contributed by atoms with E-state index in [1.807, 2.05) is 0 Å². The molecule has 2 unspecified atom stereocenters. The first-order chi connectivity index (χ1) is 15.2. The Balaban J connectivity index is 1.80. The van der Waals surface area contributed by atoms with Crippen LogP contribution in [-0.4, -0.2) is 18.5 Å². The van der Waals surface area contributed by atoms with E-state index >= 15 is 0 Å². The van der Waals surface area contributed by atoms with Crippen molar-refractivity contribution in [3.05, 3.63) is 73.7 Å². The number of hydrogen-bond acceptors (Lipinski definition) is 1. The quantitative estimate of drug-likeness (QED) is 0.236. The van der Waals surface area contributed by atoms with Crippen LogP contribution in [0.2, 0.25) is 15.1 Å². The van der Waals surface area contributed by atoms with E-state index in [-0.39, 0.29) is 20.6 Å². The standard InChI is InChI=1S/C21H15Cl3F6N2O/c22-15-8-12(9-16(23)18(15)24)14(20(25,26)27)5-2-10-1-4-13-11(7-10)3-6-17(13)31-19(33)32-21(28,29)30/h1-2,4-5,7-9,14,17H,3,6H2,(H2,31,32,33)/b5-2+. The number of allylic oxidation sites excluding steroid dienone is 1. The van der Waals surface area contributed by atoms with Gasteiger partial charge in [0.2, 0.25) is 0 Å². The molecule has 3 nitrogen and oxygen atoms in total. The molecule has 0 saturated heterocycles. The van der Waals surface area contributed by atoms with Crippen molar-refractivity contribution >= 4 is 46.9 Å². The van der Waals surface area contributed by atoms with E-state index in [0.717, 1.165) is 29.1 Å². The fourth-order valence-corrected chi connectivity index (χ4v) is 4.20. The summed E-state index contributed by atoms with van der Waals surface area (Å²) in [7, 11) is 0. The second kappa shape index (κ2) is 9.64. The number of fused-ring (bicyclic) bond motifs is 1. The van der Waals surface area contributed by atoms with Gasteiger partial charge in [-0.25, -0.2) is 10.1 Å². The molecule has 0 radical (unpaired) electrons. The largest absolute Gasteiger partial charge is 0.485 e. The number of rotatable bonds is 4. The van der Waals surface area contributed by atoms with Crippen LogP contribution in [0.4, 0.5) is 31.1 Å². The van der Waals surface area contributed by atoms with E-state index in [1.165, 1.54) is 12.1 Å². The number of nitrogens with one attached hydrogen (secondary N) is 2. The van der Waals surface area contributed by atoms with Crippen LogP contribution in [0.1, 0.15) is 40.6 Å². The maximum Gasteiger partial charge on any atom is 0.485 e. The molecule has 1 aliphatic rings. The van der Waals surface area contributed by atoms with Gasteiger partial charge in [0.15, 0.2) is 0 Å². The highest BCUT2D eigenvalue weighted by atomic mass is 35.5. The number of amides is 2. The van der Waals surface area contributed by atoms with Crippen molar-refractivity contribution < 1.29 is 31.1 Å². The summed E-state index contributed by atoms with van der Waals surface area (Å²) in [6, 6.07) is 4.90. The van der Waals surface area contributed by atoms with E-state index in [1.54, 1.807) is 12.1 Å². The lowest BCUT2D eigenvalue weighted by Gasteiger charge is -2.18. The molecule has 2 atom stereocenters. The Morgan fingerprint density at radius 1 is 1.03 bits per heavy atom. The van der Waals surface area contributed by atoms with Crippen molar-refractivity contribution in [1.82, 2.24) is 10.6 Å². The summed E-state index contributed by atoms with van der Waals surface area (Å²) >= 11 is 17.6. The van der Waals surface area contributed by atoms with Gasteiger partial charge in [0, 0.05) is 0 Å². The Labute approximate surface area is 199 Å². The Kier molecular flexibility index (Phi) is 7.45. The SMILES string of the molecule is O=C(NC1CCc2cc(/C=C/C(c3cc(Cl)c(Cl)c(Cl)c3)C(F)(F)F)ccc21)NC(F)(F)F. The van der Waals surface area contributed by atoms with Crippen LogP contribution in [0.3, 0.4) is 0 Å². The average molecular weight is 532 g/mol. The highest BCUT2D eigenvalue weighted by Gasteiger charge is 2.39. The third-order valence-corrected chi connectivity index (χ3v) is 6.20. The first-order valence-electron chi connectivity index (χ1n) is 9.42. The van der Waals surface area contributed by atoms with Crippen molar-refractivity contribution in [2.75, 3.05) is 0 Å². The van der Waals surface area contributed by atoms with Gasteiger partial charge in [-0.3, -0.25) is 0 Å². The lowest BCUT2D eigenvalue weighted by atomic mass is 9.96. The zero-order chi connectivity index (χ0) is 24.6. The minimum absolute atomic E-state index is 0.0438. The molecule has 0 fully saturated rings. The zero-order valence-corrected chi connectivity index (χ0v) is 18.7. The first kappa shape index (κ1) is 25.5. The van der Waals surface area contributed by atoms with E-state index in [2.05, 4.69) is 5.32 Å². The van der Waals surface area contributed by atoms with Gasteiger partial charge in [-0.1, -0.05) is 65.2 Å². The smallest absolute Gasteiger partial charge is 0.331 e. The highest BCUT2D eigenvalue weighted by molar-refractivity contribution is 6.48. The zero-order valence-electron chi connectivity index (χ0n) is 16.4. The minimum atomic E-state index is -4.85. The molecule has 1 aliphatic carbocycles. The van der Waals surface area contributed by atoms with Gasteiger partial charge in [0.1, 0.15) is 0 Å². The Bertz CT molecular complexity index is 1060. The normalized spacial score (nSPS) is 17.2. The molecule has 2 amide bonds. The Morgan fingerprint density at radius 3 is 2.24 bits per heavy atom. The molecule has 12 heteroatoms. The van der Waals surface area contributed by atoms with Crippen LogP contribution in [0, 0.1) is 0 Å². The number of carbonyl (C=O) groups excluding carboxylic acids is 1. The van der Waals surface area contributed by atoms with Gasteiger partial charge in [0.05, 0.1) is 27.0 Å². The van der Waals surface area contributed by atoms with Gasteiger partial charge in [-0.2, -0.15) is 26.3 Å². The number of aryl methyl sites for hydroxylation is 1. The van der Waals surface area contributed by atoms with E-state index in [4.69, 9.17) is 34.8 Å². The molecule has 0 heterocycles. The van der Waals surface area contributed by atoms with Gasteiger partial charge in [-0.05, 0) is 47.2 Å². The molecule has 0 spiro atoms. The summed E-state index contributed by atoms with van der Waals surface area (Å²) in [6.45, 7) is 0. The monoisotopic (exact) mass is 530 g/mol. The van der Waals surface area contributed by atoms with Crippen molar-refractivity contribution in [2.45, 2.75) is 37.3 Å². The van der Waals surface area contributed by atoms with Crippen LogP contribution in [0.25, 0.3) is 6.08 Å². The number of hydrogen-bond donors (Lipinski definition) is 2. The number of alkyl halides is 6. The van der Waals surface area contributed by atoms with E-state index in [9.17, 15) is 31.1 Å². The third-order valence-electron chi connectivity index (χ3n) is 5.00. The summed E-state index contributed by atoms with van der Waals surface area (Å²) in [4.78, 5) is 11.5. The van der Waals surface area contributed by atoms with E-state index < -0.39 is 30.5 Å². The fraction of sp³-hybridized carbons (Fsp3) is 0.286. The Hall–Kier alpha value is -2.10. The predicted molar refractivity (Wildman–Crippen MR) is 115 cm³/mol. The van der Waals surface area contributed by atoms with Crippen LogP contribution >= 0.6 is 34.8 Å². The second-order valence-electron chi connectivity index (χ2n) is 7.32. The summed E-state index contributed by atoms with van der Waals surface area (Å²) in [5.74, 6) is -2.00. The minimum Gasteiger partial charge on any atom is -0.331 e. The van der Waals surface area contributed by atoms with Crippen LogP contribution in [0.5, 0.6) is 0 Å².